The van der Waals surface area contributed by atoms with E-state index in [4.69, 9.17) is 11.6 Å². The van der Waals surface area contributed by atoms with Gasteiger partial charge in [0, 0.05) is 32.2 Å². The summed E-state index contributed by atoms with van der Waals surface area (Å²) < 4.78 is 65.9. The Labute approximate surface area is 156 Å². The number of hydrogen-bond acceptors (Lipinski definition) is 4. The van der Waals surface area contributed by atoms with Gasteiger partial charge in [0.1, 0.15) is 0 Å². The quantitative estimate of drug-likeness (QED) is 0.804. The van der Waals surface area contributed by atoms with Gasteiger partial charge in [0.05, 0.1) is 21.6 Å². The molecule has 2 atom stereocenters. The second-order valence-corrected chi connectivity index (χ2v) is 8.75. The zero-order valence-corrected chi connectivity index (χ0v) is 16.1. The van der Waals surface area contributed by atoms with E-state index in [0.29, 0.717) is 25.6 Å². The van der Waals surface area contributed by atoms with E-state index in [1.165, 1.54) is 4.31 Å². The van der Waals surface area contributed by atoms with Crippen molar-refractivity contribution in [2.24, 2.45) is 0 Å². The van der Waals surface area contributed by atoms with Crippen molar-refractivity contribution in [3.05, 3.63) is 28.8 Å². The maximum Gasteiger partial charge on any atom is 0.417 e. The number of β-amino-alcohol motifs (C(OH)–C–C–N with tert-alkyl or cyclic N) is 1. The maximum absolute atomic E-state index is 13.0. The minimum Gasteiger partial charge on any atom is -0.392 e. The van der Waals surface area contributed by atoms with Crippen LogP contribution in [0.1, 0.15) is 25.8 Å². The van der Waals surface area contributed by atoms with Crippen LogP contribution in [0.25, 0.3) is 0 Å². The minimum atomic E-state index is -4.73. The van der Waals surface area contributed by atoms with Crippen LogP contribution in [0.5, 0.6) is 0 Å². The van der Waals surface area contributed by atoms with Crippen molar-refractivity contribution in [1.29, 1.82) is 0 Å². The molecule has 1 N–H and O–H groups in total. The Hall–Kier alpha value is -0.870. The van der Waals surface area contributed by atoms with Crippen LogP contribution in [0, 0.1) is 0 Å². The molecule has 2 rings (SSSR count). The number of halogens is 4. The van der Waals surface area contributed by atoms with Crippen molar-refractivity contribution in [3.63, 3.8) is 0 Å². The van der Waals surface area contributed by atoms with Crippen LogP contribution < -0.4 is 0 Å². The van der Waals surface area contributed by atoms with Gasteiger partial charge in [-0.3, -0.25) is 4.90 Å². The standard InChI is InChI=1S/C16H22ClF3N2O3S/c1-3-12-10-22(7-6-21(12)9-11(2)23)26(24,25)13-4-5-15(17)14(8-13)16(18,19)20/h4-5,8,11-12,23H,3,6-7,9-10H2,1-2H3. The lowest BCUT2D eigenvalue weighted by Gasteiger charge is -2.41. The molecule has 1 fully saturated rings. The highest BCUT2D eigenvalue weighted by Crippen LogP contribution is 2.36. The van der Waals surface area contributed by atoms with Gasteiger partial charge in [0.25, 0.3) is 0 Å². The van der Waals surface area contributed by atoms with Crippen LogP contribution in [-0.4, -0.2) is 61.1 Å². The van der Waals surface area contributed by atoms with E-state index < -0.39 is 37.8 Å². The Morgan fingerprint density at radius 3 is 2.54 bits per heavy atom. The smallest absolute Gasteiger partial charge is 0.392 e. The van der Waals surface area contributed by atoms with Crippen molar-refractivity contribution in [2.75, 3.05) is 26.2 Å². The lowest BCUT2D eigenvalue weighted by atomic mass is 10.1. The van der Waals surface area contributed by atoms with Crippen LogP contribution in [0.3, 0.4) is 0 Å². The summed E-state index contributed by atoms with van der Waals surface area (Å²) in [7, 11) is -4.07. The fourth-order valence-corrected chi connectivity index (χ4v) is 4.80. The van der Waals surface area contributed by atoms with Gasteiger partial charge in [-0.1, -0.05) is 18.5 Å². The first-order valence-corrected chi connectivity index (χ1v) is 10.1. The van der Waals surface area contributed by atoms with E-state index in [1.807, 2.05) is 11.8 Å². The summed E-state index contributed by atoms with van der Waals surface area (Å²) in [5.74, 6) is 0. The molecule has 1 heterocycles. The zero-order chi connectivity index (χ0) is 19.7. The first-order chi connectivity index (χ1) is 12.0. The second-order valence-electron chi connectivity index (χ2n) is 6.41. The van der Waals surface area contributed by atoms with Crippen LogP contribution in [0.15, 0.2) is 23.1 Å². The first-order valence-electron chi connectivity index (χ1n) is 8.25. The summed E-state index contributed by atoms with van der Waals surface area (Å²) >= 11 is 5.57. The molecule has 2 unspecified atom stereocenters. The maximum atomic E-state index is 13.0. The first kappa shape index (κ1) is 21.4. The third-order valence-corrected chi connectivity index (χ3v) is 6.61. The van der Waals surface area contributed by atoms with Gasteiger partial charge in [-0.05, 0) is 31.5 Å². The molecular weight excluding hydrogens is 393 g/mol. The van der Waals surface area contributed by atoms with Crippen molar-refractivity contribution >= 4 is 21.6 Å². The SMILES string of the molecule is CCC1CN(S(=O)(=O)c2ccc(Cl)c(C(F)(F)F)c2)CCN1CC(C)O. The highest BCUT2D eigenvalue weighted by molar-refractivity contribution is 7.89. The van der Waals surface area contributed by atoms with Gasteiger partial charge in [0.15, 0.2) is 0 Å². The molecule has 148 valence electrons. The number of benzene rings is 1. The Bertz CT molecular complexity index is 741. The molecule has 1 aliphatic heterocycles. The number of aliphatic hydroxyl groups excluding tert-OH is 1. The van der Waals surface area contributed by atoms with Crippen molar-refractivity contribution in [1.82, 2.24) is 9.21 Å². The molecular formula is C16H22ClF3N2O3S. The summed E-state index contributed by atoms with van der Waals surface area (Å²) in [5.41, 5.74) is -1.17. The molecule has 1 aromatic carbocycles. The minimum absolute atomic E-state index is 0.109. The zero-order valence-electron chi connectivity index (χ0n) is 14.5. The number of sulfonamides is 1. The lowest BCUT2D eigenvalue weighted by molar-refractivity contribution is -0.137. The third-order valence-electron chi connectivity index (χ3n) is 4.42. The summed E-state index contributed by atoms with van der Waals surface area (Å²) in [6.45, 7) is 4.70. The number of piperazine rings is 1. The van der Waals surface area contributed by atoms with E-state index in [0.717, 1.165) is 12.1 Å². The second kappa shape index (κ2) is 8.02. The number of hydrogen-bond donors (Lipinski definition) is 1. The van der Waals surface area contributed by atoms with Crippen molar-refractivity contribution in [3.8, 4) is 0 Å². The van der Waals surface area contributed by atoms with Crippen LogP contribution in [0.2, 0.25) is 5.02 Å². The molecule has 1 aliphatic rings. The Morgan fingerprint density at radius 1 is 1.35 bits per heavy atom. The van der Waals surface area contributed by atoms with Gasteiger partial charge in [-0.25, -0.2) is 8.42 Å². The summed E-state index contributed by atoms with van der Waals surface area (Å²) in [5, 5.41) is 9.02. The monoisotopic (exact) mass is 414 g/mol. The molecule has 5 nitrogen and oxygen atoms in total. The highest BCUT2D eigenvalue weighted by atomic mass is 35.5. The molecule has 0 aromatic heterocycles. The number of nitrogens with zero attached hydrogens (tertiary/aromatic N) is 2. The van der Waals surface area contributed by atoms with E-state index >= 15 is 0 Å². The topological polar surface area (TPSA) is 60.9 Å². The van der Waals surface area contributed by atoms with E-state index in [2.05, 4.69) is 0 Å². The molecule has 0 amide bonds. The van der Waals surface area contributed by atoms with Crippen LogP contribution in [0.4, 0.5) is 13.2 Å². The molecule has 0 spiro atoms. The Balaban J connectivity index is 2.28. The Morgan fingerprint density at radius 2 is 2.00 bits per heavy atom. The van der Waals surface area contributed by atoms with Gasteiger partial charge in [-0.15, -0.1) is 0 Å². The lowest BCUT2D eigenvalue weighted by Crippen LogP contribution is -2.55. The number of aliphatic hydroxyl groups is 1. The average Bonchev–Trinajstić information content (AvgIpc) is 2.53. The van der Waals surface area contributed by atoms with Crippen molar-refractivity contribution in [2.45, 2.75) is 43.5 Å². The summed E-state index contributed by atoms with van der Waals surface area (Å²) in [4.78, 5) is 1.58. The number of alkyl halides is 3. The highest BCUT2D eigenvalue weighted by Gasteiger charge is 2.37. The molecule has 0 aliphatic carbocycles. The third kappa shape index (κ3) is 4.69. The molecule has 0 bridgehead atoms. The molecule has 10 heteroatoms. The van der Waals surface area contributed by atoms with Crippen LogP contribution in [-0.2, 0) is 16.2 Å². The van der Waals surface area contributed by atoms with Gasteiger partial charge in [0.2, 0.25) is 10.0 Å². The average molecular weight is 415 g/mol. The fourth-order valence-electron chi connectivity index (χ4n) is 3.08. The van der Waals surface area contributed by atoms with E-state index in [9.17, 15) is 26.7 Å². The van der Waals surface area contributed by atoms with Gasteiger partial charge in [-0.2, -0.15) is 17.5 Å². The predicted molar refractivity (Wildman–Crippen MR) is 92.5 cm³/mol. The number of rotatable bonds is 5. The van der Waals surface area contributed by atoms with Crippen LogP contribution >= 0.6 is 11.6 Å². The molecule has 0 radical (unpaired) electrons. The predicted octanol–water partition coefficient (Wildman–Crippen LogP) is 2.82. The fraction of sp³-hybridized carbons (Fsp3) is 0.625. The molecule has 26 heavy (non-hydrogen) atoms. The molecule has 0 saturated carbocycles. The summed E-state index contributed by atoms with van der Waals surface area (Å²) in [6, 6.07) is 2.53. The summed E-state index contributed by atoms with van der Waals surface area (Å²) in [6.07, 6.45) is -4.62. The van der Waals surface area contributed by atoms with E-state index in [-0.39, 0.29) is 19.1 Å². The molecule has 1 aromatic rings. The van der Waals surface area contributed by atoms with Crippen molar-refractivity contribution < 1.29 is 26.7 Å². The van der Waals surface area contributed by atoms with Gasteiger partial charge < -0.3 is 5.11 Å². The van der Waals surface area contributed by atoms with E-state index in [1.54, 1.807) is 6.92 Å². The Kier molecular flexibility index (Phi) is 6.61. The normalized spacial score (nSPS) is 21.7. The largest absolute Gasteiger partial charge is 0.417 e. The van der Waals surface area contributed by atoms with Gasteiger partial charge >= 0.3 is 6.18 Å². The molecule has 1 saturated heterocycles.